The van der Waals surface area contributed by atoms with Gasteiger partial charge in [-0.1, -0.05) is 89.5 Å². The van der Waals surface area contributed by atoms with Crippen molar-refractivity contribution in [1.82, 2.24) is 0 Å². The topological polar surface area (TPSA) is 26.3 Å². The number of benzene rings is 2. The highest BCUT2D eigenvalue weighted by atomic mass is 19.1. The zero-order chi connectivity index (χ0) is 26.7. The van der Waals surface area contributed by atoms with Crippen LogP contribution in [0.3, 0.4) is 0 Å². The first-order valence-electron chi connectivity index (χ1n) is 15.7. The first kappa shape index (κ1) is 28.8. The van der Waals surface area contributed by atoms with Crippen LogP contribution in [0.15, 0.2) is 42.5 Å². The number of unbranched alkanes of at least 4 members (excludes halogenated alkanes) is 4. The minimum atomic E-state index is -0.257. The molecule has 0 saturated heterocycles. The molecule has 3 heteroatoms. The molecule has 2 aromatic rings. The lowest BCUT2D eigenvalue weighted by Crippen LogP contribution is -2.24. The standard InChI is InChI=1S/C35H49FO2/c1-3-5-7-9-26-11-15-28(16-12-26)31-21-24-33(34(36)25-31)29-17-19-30(20-18-29)35(37)38-32-22-13-27(14-23-32)10-8-6-4-2/h17-21,24-28,32H,3-16,22-23H2,1-2H3/t26-,27?,28-,32?. The van der Waals surface area contributed by atoms with Gasteiger partial charge in [0.15, 0.2) is 0 Å². The molecule has 2 saturated carbocycles. The zero-order valence-corrected chi connectivity index (χ0v) is 23.9. The number of rotatable bonds is 12. The summed E-state index contributed by atoms with van der Waals surface area (Å²) in [5.41, 5.74) is 3.09. The number of halogens is 1. The van der Waals surface area contributed by atoms with Crippen LogP contribution in [0.1, 0.15) is 138 Å². The van der Waals surface area contributed by atoms with Crippen molar-refractivity contribution >= 4 is 5.97 Å². The highest BCUT2D eigenvalue weighted by molar-refractivity contribution is 5.90. The van der Waals surface area contributed by atoms with E-state index in [2.05, 4.69) is 19.9 Å². The Kier molecular flexibility index (Phi) is 11.3. The SMILES string of the molecule is CCCCCC1CCC(OC(=O)c2ccc(-c3ccc([C@H]4CC[C@H](CCCCC)CC4)cc3F)cc2)CC1. The molecule has 0 aromatic heterocycles. The van der Waals surface area contributed by atoms with Crippen molar-refractivity contribution < 1.29 is 13.9 Å². The third-order valence-electron chi connectivity index (χ3n) is 9.24. The highest BCUT2D eigenvalue weighted by Gasteiger charge is 2.25. The predicted octanol–water partition coefficient (Wildman–Crippen LogP) is 10.6. The normalized spacial score (nSPS) is 23.8. The number of carbonyl (C=O) groups excluding carboxylic acids is 1. The molecule has 208 valence electrons. The van der Waals surface area contributed by atoms with Crippen molar-refractivity contribution in [3.63, 3.8) is 0 Å². The Morgan fingerprint density at radius 2 is 1.34 bits per heavy atom. The van der Waals surface area contributed by atoms with Crippen molar-refractivity contribution in [2.45, 2.75) is 129 Å². The van der Waals surface area contributed by atoms with Gasteiger partial charge in [-0.3, -0.25) is 0 Å². The van der Waals surface area contributed by atoms with Gasteiger partial charge in [0.2, 0.25) is 0 Å². The number of hydrogen-bond acceptors (Lipinski definition) is 2. The van der Waals surface area contributed by atoms with E-state index < -0.39 is 0 Å². The molecule has 0 bridgehead atoms. The molecule has 2 aliphatic carbocycles. The molecule has 0 heterocycles. The fourth-order valence-corrected chi connectivity index (χ4v) is 6.71. The Bertz CT molecular complexity index is 981. The molecule has 0 amide bonds. The molecule has 0 atom stereocenters. The Hall–Kier alpha value is -2.16. The molecule has 0 aliphatic heterocycles. The Morgan fingerprint density at radius 3 is 1.89 bits per heavy atom. The molecule has 38 heavy (non-hydrogen) atoms. The first-order valence-corrected chi connectivity index (χ1v) is 15.7. The van der Waals surface area contributed by atoms with Gasteiger partial charge in [0, 0.05) is 5.56 Å². The summed E-state index contributed by atoms with van der Waals surface area (Å²) in [6.45, 7) is 4.51. The van der Waals surface area contributed by atoms with E-state index in [-0.39, 0.29) is 17.9 Å². The Morgan fingerprint density at radius 1 is 0.763 bits per heavy atom. The smallest absolute Gasteiger partial charge is 0.338 e. The van der Waals surface area contributed by atoms with Gasteiger partial charge < -0.3 is 4.74 Å². The maximum Gasteiger partial charge on any atom is 0.338 e. The summed E-state index contributed by atoms with van der Waals surface area (Å²) in [4.78, 5) is 12.7. The fourth-order valence-electron chi connectivity index (χ4n) is 6.71. The second-order valence-corrected chi connectivity index (χ2v) is 12.1. The minimum Gasteiger partial charge on any atom is -0.459 e. The van der Waals surface area contributed by atoms with E-state index in [1.165, 1.54) is 77.0 Å². The monoisotopic (exact) mass is 520 g/mol. The zero-order valence-electron chi connectivity index (χ0n) is 23.9. The van der Waals surface area contributed by atoms with Crippen LogP contribution in [0.25, 0.3) is 11.1 Å². The van der Waals surface area contributed by atoms with Crippen molar-refractivity contribution in [2.75, 3.05) is 0 Å². The van der Waals surface area contributed by atoms with E-state index >= 15 is 4.39 Å². The number of ether oxygens (including phenoxy) is 1. The maximum absolute atomic E-state index is 15.2. The number of esters is 1. The van der Waals surface area contributed by atoms with E-state index in [1.807, 2.05) is 18.2 Å². The molecule has 0 N–H and O–H groups in total. The number of hydrogen-bond donors (Lipinski definition) is 0. The van der Waals surface area contributed by atoms with Crippen molar-refractivity contribution in [2.24, 2.45) is 11.8 Å². The van der Waals surface area contributed by atoms with Crippen LogP contribution in [0.5, 0.6) is 0 Å². The molecule has 0 spiro atoms. The average molecular weight is 521 g/mol. The molecule has 0 unspecified atom stereocenters. The van der Waals surface area contributed by atoms with E-state index in [4.69, 9.17) is 4.74 Å². The largest absolute Gasteiger partial charge is 0.459 e. The van der Waals surface area contributed by atoms with Gasteiger partial charge in [0.05, 0.1) is 5.56 Å². The maximum atomic E-state index is 15.2. The summed E-state index contributed by atoms with van der Waals surface area (Å²) >= 11 is 0. The van der Waals surface area contributed by atoms with Crippen LogP contribution in [0.2, 0.25) is 0 Å². The van der Waals surface area contributed by atoms with E-state index in [0.29, 0.717) is 17.0 Å². The van der Waals surface area contributed by atoms with Crippen LogP contribution < -0.4 is 0 Å². The molecule has 2 aromatic carbocycles. The second-order valence-electron chi connectivity index (χ2n) is 12.1. The summed E-state index contributed by atoms with van der Waals surface area (Å²) < 4.78 is 21.0. The molecule has 0 radical (unpaired) electrons. The van der Waals surface area contributed by atoms with Gasteiger partial charge >= 0.3 is 5.97 Å². The summed E-state index contributed by atoms with van der Waals surface area (Å²) in [5, 5.41) is 0. The van der Waals surface area contributed by atoms with Crippen LogP contribution in [0, 0.1) is 17.7 Å². The lowest BCUT2D eigenvalue weighted by atomic mass is 9.77. The summed E-state index contributed by atoms with van der Waals surface area (Å²) in [6.07, 6.45) is 19.8. The van der Waals surface area contributed by atoms with Gasteiger partial charge in [-0.25, -0.2) is 9.18 Å². The van der Waals surface area contributed by atoms with Crippen molar-refractivity contribution in [3.8, 4) is 11.1 Å². The average Bonchev–Trinajstić information content (AvgIpc) is 2.95. The lowest BCUT2D eigenvalue weighted by Gasteiger charge is -2.29. The van der Waals surface area contributed by atoms with Crippen LogP contribution in [0.4, 0.5) is 4.39 Å². The van der Waals surface area contributed by atoms with Crippen LogP contribution in [-0.4, -0.2) is 12.1 Å². The molecule has 2 fully saturated rings. The van der Waals surface area contributed by atoms with Gasteiger partial charge in [-0.2, -0.15) is 0 Å². The first-order chi connectivity index (χ1) is 18.6. The molecular weight excluding hydrogens is 471 g/mol. The van der Waals surface area contributed by atoms with Crippen LogP contribution >= 0.6 is 0 Å². The van der Waals surface area contributed by atoms with E-state index in [0.717, 1.165) is 48.6 Å². The minimum absolute atomic E-state index is 0.0287. The number of carbonyl (C=O) groups is 1. The Balaban J connectivity index is 1.27. The van der Waals surface area contributed by atoms with E-state index in [9.17, 15) is 4.79 Å². The van der Waals surface area contributed by atoms with Crippen LogP contribution in [-0.2, 0) is 4.74 Å². The lowest BCUT2D eigenvalue weighted by molar-refractivity contribution is 0.0161. The molecular formula is C35H49FO2. The molecule has 2 aliphatic rings. The third kappa shape index (κ3) is 8.17. The van der Waals surface area contributed by atoms with Crippen molar-refractivity contribution in [1.29, 1.82) is 0 Å². The summed E-state index contributed by atoms with van der Waals surface area (Å²) in [5.74, 6) is 1.70. The highest BCUT2D eigenvalue weighted by Crippen LogP contribution is 2.39. The quantitative estimate of drug-likeness (QED) is 0.205. The van der Waals surface area contributed by atoms with Gasteiger partial charge in [-0.05, 0) is 98.4 Å². The van der Waals surface area contributed by atoms with E-state index in [1.54, 1.807) is 18.2 Å². The fraction of sp³-hybridized carbons (Fsp3) is 0.629. The molecule has 4 rings (SSSR count). The third-order valence-corrected chi connectivity index (χ3v) is 9.24. The Labute approximate surface area is 230 Å². The molecule has 2 nitrogen and oxygen atoms in total. The summed E-state index contributed by atoms with van der Waals surface area (Å²) in [7, 11) is 0. The van der Waals surface area contributed by atoms with Gasteiger partial charge in [0.1, 0.15) is 11.9 Å². The van der Waals surface area contributed by atoms with Gasteiger partial charge in [-0.15, -0.1) is 0 Å². The second kappa shape index (κ2) is 14.8. The van der Waals surface area contributed by atoms with Crippen molar-refractivity contribution in [3.05, 3.63) is 59.4 Å². The van der Waals surface area contributed by atoms with Gasteiger partial charge in [0.25, 0.3) is 0 Å². The summed E-state index contributed by atoms with van der Waals surface area (Å²) in [6, 6.07) is 13.0. The predicted molar refractivity (Wildman–Crippen MR) is 156 cm³/mol.